The lowest BCUT2D eigenvalue weighted by Crippen LogP contribution is -2.25. The van der Waals surface area contributed by atoms with Gasteiger partial charge in [-0.15, -0.1) is 0 Å². The van der Waals surface area contributed by atoms with Crippen molar-refractivity contribution in [1.82, 2.24) is 4.98 Å². The monoisotopic (exact) mass is 276 g/mol. The van der Waals surface area contributed by atoms with Gasteiger partial charge >= 0.3 is 11.7 Å². The van der Waals surface area contributed by atoms with Crippen LogP contribution in [0.5, 0.6) is 0 Å². The summed E-state index contributed by atoms with van der Waals surface area (Å²) >= 11 is 0. The van der Waals surface area contributed by atoms with Crippen LogP contribution in [0.3, 0.4) is 0 Å². The van der Waals surface area contributed by atoms with Crippen molar-refractivity contribution >= 4 is 17.5 Å². The molecule has 104 valence electrons. The van der Waals surface area contributed by atoms with Crippen molar-refractivity contribution in [2.75, 3.05) is 25.1 Å². The van der Waals surface area contributed by atoms with Crippen molar-refractivity contribution in [2.45, 2.75) is 6.42 Å². The van der Waals surface area contributed by atoms with Gasteiger partial charge in [0.2, 0.25) is 5.82 Å². The number of anilines is 1. The van der Waals surface area contributed by atoms with E-state index in [-0.39, 0.29) is 29.0 Å². The van der Waals surface area contributed by atoms with Gasteiger partial charge in [-0.25, -0.2) is 4.98 Å². The normalized spacial score (nSPS) is 17.6. The molecule has 0 radical (unpaired) electrons. The molecule has 0 N–H and O–H groups in total. The molecule has 0 amide bonds. The van der Waals surface area contributed by atoms with Gasteiger partial charge in [-0.2, -0.15) is 5.26 Å². The molecule has 1 aromatic rings. The van der Waals surface area contributed by atoms with Crippen LogP contribution in [-0.4, -0.2) is 36.1 Å². The third kappa shape index (κ3) is 2.38. The molecule has 1 aliphatic rings. The molecule has 2 heterocycles. The molecule has 1 atom stereocenters. The van der Waals surface area contributed by atoms with E-state index in [1.807, 2.05) is 0 Å². The van der Waals surface area contributed by atoms with Crippen molar-refractivity contribution in [3.05, 3.63) is 27.9 Å². The molecule has 8 nitrogen and oxygen atoms in total. The number of pyridine rings is 1. The zero-order chi connectivity index (χ0) is 14.7. The summed E-state index contributed by atoms with van der Waals surface area (Å²) in [6, 6.07) is 3.09. The summed E-state index contributed by atoms with van der Waals surface area (Å²) in [4.78, 5) is 27.6. The molecule has 0 spiro atoms. The van der Waals surface area contributed by atoms with Crippen LogP contribution in [0.1, 0.15) is 12.0 Å². The van der Waals surface area contributed by atoms with Gasteiger partial charge in [0.15, 0.2) is 0 Å². The fourth-order valence-corrected chi connectivity index (χ4v) is 2.26. The Morgan fingerprint density at radius 1 is 1.70 bits per heavy atom. The van der Waals surface area contributed by atoms with Crippen LogP contribution in [0, 0.1) is 27.4 Å². The zero-order valence-corrected chi connectivity index (χ0v) is 10.8. The molecule has 8 heteroatoms. The maximum Gasteiger partial charge on any atom is 0.329 e. The first kappa shape index (κ1) is 13.7. The number of nitriles is 1. The summed E-state index contributed by atoms with van der Waals surface area (Å²) in [6.45, 7) is 0.762. The molecule has 0 bridgehead atoms. The van der Waals surface area contributed by atoms with Crippen LogP contribution in [0.25, 0.3) is 0 Å². The topological polar surface area (TPSA) is 109 Å². The van der Waals surface area contributed by atoms with Crippen LogP contribution in [-0.2, 0) is 9.53 Å². The molecule has 20 heavy (non-hydrogen) atoms. The maximum absolute atomic E-state index is 11.5. The third-order valence-corrected chi connectivity index (χ3v) is 3.23. The molecular weight excluding hydrogens is 264 g/mol. The molecule has 1 saturated heterocycles. The lowest BCUT2D eigenvalue weighted by molar-refractivity contribution is -0.384. The summed E-state index contributed by atoms with van der Waals surface area (Å²) in [5.74, 6) is -0.542. The first-order chi connectivity index (χ1) is 9.58. The van der Waals surface area contributed by atoms with E-state index in [0.29, 0.717) is 19.5 Å². The lowest BCUT2D eigenvalue weighted by atomic mass is 10.1. The van der Waals surface area contributed by atoms with Crippen molar-refractivity contribution < 1.29 is 14.5 Å². The SMILES string of the molecule is COC(=O)C1CCN(c2nccc(C#N)c2[N+](=O)[O-])C1. The summed E-state index contributed by atoms with van der Waals surface area (Å²) in [5, 5.41) is 20.1. The Bertz CT molecular complexity index is 596. The molecule has 1 aliphatic heterocycles. The van der Waals surface area contributed by atoms with E-state index in [1.165, 1.54) is 19.4 Å². The van der Waals surface area contributed by atoms with Gasteiger partial charge < -0.3 is 9.64 Å². The molecule has 1 aromatic heterocycles. The highest BCUT2D eigenvalue weighted by Gasteiger charge is 2.34. The molecule has 0 aromatic carbocycles. The predicted octanol–water partition coefficient (Wildman–Crippen LogP) is 0.861. The summed E-state index contributed by atoms with van der Waals surface area (Å²) in [6.07, 6.45) is 1.90. The van der Waals surface area contributed by atoms with Gasteiger partial charge in [-0.05, 0) is 12.5 Å². The van der Waals surface area contributed by atoms with Crippen LogP contribution in [0.4, 0.5) is 11.5 Å². The Labute approximate surface area is 114 Å². The first-order valence-corrected chi connectivity index (χ1v) is 5.94. The number of ether oxygens (including phenoxy) is 1. The largest absolute Gasteiger partial charge is 0.469 e. The highest BCUT2D eigenvalue weighted by molar-refractivity contribution is 5.75. The number of nitrogens with zero attached hydrogens (tertiary/aromatic N) is 4. The molecule has 1 fully saturated rings. The third-order valence-electron chi connectivity index (χ3n) is 3.23. The van der Waals surface area contributed by atoms with Crippen LogP contribution in [0.2, 0.25) is 0 Å². The second-order valence-electron chi connectivity index (χ2n) is 4.35. The fraction of sp³-hybridized carbons (Fsp3) is 0.417. The van der Waals surface area contributed by atoms with Crippen LogP contribution in [0.15, 0.2) is 12.3 Å². The smallest absolute Gasteiger partial charge is 0.329 e. The van der Waals surface area contributed by atoms with Crippen molar-refractivity contribution in [1.29, 1.82) is 5.26 Å². The number of nitro groups is 1. The van der Waals surface area contributed by atoms with E-state index in [2.05, 4.69) is 9.72 Å². The van der Waals surface area contributed by atoms with Crippen molar-refractivity contribution in [3.8, 4) is 6.07 Å². The Balaban J connectivity index is 2.33. The number of hydrogen-bond acceptors (Lipinski definition) is 7. The molecule has 1 unspecified atom stereocenters. The Kier molecular flexibility index (Phi) is 3.79. The predicted molar refractivity (Wildman–Crippen MR) is 67.9 cm³/mol. The number of rotatable bonds is 3. The van der Waals surface area contributed by atoms with Gasteiger partial charge in [-0.1, -0.05) is 0 Å². The van der Waals surface area contributed by atoms with Crippen molar-refractivity contribution in [3.63, 3.8) is 0 Å². The van der Waals surface area contributed by atoms with E-state index in [4.69, 9.17) is 5.26 Å². The minimum Gasteiger partial charge on any atom is -0.469 e. The highest BCUT2D eigenvalue weighted by Crippen LogP contribution is 2.32. The van der Waals surface area contributed by atoms with Gasteiger partial charge in [-0.3, -0.25) is 14.9 Å². The van der Waals surface area contributed by atoms with Crippen molar-refractivity contribution in [2.24, 2.45) is 5.92 Å². The number of carbonyl (C=O) groups is 1. The van der Waals surface area contributed by atoms with E-state index >= 15 is 0 Å². The fourth-order valence-electron chi connectivity index (χ4n) is 2.26. The quantitative estimate of drug-likeness (QED) is 0.457. The number of carbonyl (C=O) groups excluding carboxylic acids is 1. The Hall–Kier alpha value is -2.69. The Morgan fingerprint density at radius 2 is 2.45 bits per heavy atom. The first-order valence-electron chi connectivity index (χ1n) is 5.94. The van der Waals surface area contributed by atoms with E-state index in [1.54, 1.807) is 11.0 Å². The van der Waals surface area contributed by atoms with Gasteiger partial charge in [0.25, 0.3) is 0 Å². The summed E-state index contributed by atoms with van der Waals surface area (Å²) < 4.78 is 4.67. The number of esters is 1. The standard InChI is InChI=1S/C12H12N4O4/c1-20-12(17)9-3-5-15(7-9)11-10(16(18)19)8(6-13)2-4-14-11/h2,4,9H,3,5,7H2,1H3. The minimum atomic E-state index is -0.619. The van der Waals surface area contributed by atoms with Crippen LogP contribution >= 0.6 is 0 Å². The molecule has 0 aliphatic carbocycles. The van der Waals surface area contributed by atoms with Crippen LogP contribution < -0.4 is 4.90 Å². The van der Waals surface area contributed by atoms with E-state index in [0.717, 1.165) is 0 Å². The molecule has 2 rings (SSSR count). The zero-order valence-electron chi connectivity index (χ0n) is 10.8. The molecular formula is C12H12N4O4. The average molecular weight is 276 g/mol. The maximum atomic E-state index is 11.5. The number of aromatic nitrogens is 1. The summed E-state index contributed by atoms with van der Waals surface area (Å²) in [7, 11) is 1.31. The molecule has 0 saturated carbocycles. The Morgan fingerprint density at radius 3 is 3.05 bits per heavy atom. The summed E-state index contributed by atoms with van der Waals surface area (Å²) in [5.41, 5.74) is -0.359. The van der Waals surface area contributed by atoms with Gasteiger partial charge in [0.1, 0.15) is 11.6 Å². The van der Waals surface area contributed by atoms with Gasteiger partial charge in [0, 0.05) is 19.3 Å². The average Bonchev–Trinajstić information content (AvgIpc) is 2.95. The number of hydrogen-bond donors (Lipinski definition) is 0. The number of methoxy groups -OCH3 is 1. The highest BCUT2D eigenvalue weighted by atomic mass is 16.6. The minimum absolute atomic E-state index is 0.0403. The second kappa shape index (κ2) is 5.52. The second-order valence-corrected chi connectivity index (χ2v) is 4.35. The van der Waals surface area contributed by atoms with Gasteiger partial charge in [0.05, 0.1) is 18.0 Å². The lowest BCUT2D eigenvalue weighted by Gasteiger charge is -2.16. The van der Waals surface area contributed by atoms with E-state index < -0.39 is 4.92 Å². The van der Waals surface area contributed by atoms with E-state index in [9.17, 15) is 14.9 Å².